The number of likely N-dealkylation sites (N-methyl/N-ethyl adjacent to an activating group) is 1. The first-order valence-corrected chi connectivity index (χ1v) is 28.6. The van der Waals surface area contributed by atoms with Crippen molar-refractivity contribution in [1.82, 2.24) is 0 Å². The fraction of sp³-hybridized carbons (Fsp3) is 0.726. The van der Waals surface area contributed by atoms with Gasteiger partial charge in [0, 0.05) is 19.3 Å². The van der Waals surface area contributed by atoms with Crippen LogP contribution in [0.3, 0.4) is 0 Å². The Morgan fingerprint density at radius 3 is 1.17 bits per heavy atom. The van der Waals surface area contributed by atoms with Crippen LogP contribution in [0.4, 0.5) is 0 Å². The van der Waals surface area contributed by atoms with Gasteiger partial charge in [0.15, 0.2) is 12.1 Å². The van der Waals surface area contributed by atoms with Crippen molar-refractivity contribution in [3.8, 4) is 0 Å². The molecule has 0 aromatic rings. The van der Waals surface area contributed by atoms with Crippen LogP contribution in [0.2, 0.25) is 0 Å². The molecule has 0 aliphatic carbocycles. The second-order valence-electron chi connectivity index (χ2n) is 20.2. The van der Waals surface area contributed by atoms with Crippen molar-refractivity contribution < 1.29 is 38.2 Å². The Balaban J connectivity index is 4.27. The molecule has 0 saturated heterocycles. The lowest BCUT2D eigenvalue weighted by atomic mass is 10.0. The molecule has 0 aliphatic rings. The first-order chi connectivity index (χ1) is 34.1. The zero-order valence-corrected chi connectivity index (χ0v) is 46.0. The molecule has 0 aromatic heterocycles. The number of allylic oxidation sites excluding steroid dienone is 14. The zero-order chi connectivity index (χ0) is 51.3. The van der Waals surface area contributed by atoms with Gasteiger partial charge in [0.1, 0.15) is 6.61 Å². The van der Waals surface area contributed by atoms with E-state index in [2.05, 4.69) is 98.9 Å². The topological polar surface area (TPSA) is 99.1 Å². The van der Waals surface area contributed by atoms with Crippen LogP contribution in [0.25, 0.3) is 0 Å². The average molecular weight is 980 g/mol. The van der Waals surface area contributed by atoms with E-state index in [4.69, 9.17) is 14.2 Å². The monoisotopic (exact) mass is 979 g/mol. The minimum absolute atomic E-state index is 0.0355. The molecule has 1 N–H and O–H groups in total. The second kappa shape index (κ2) is 51.9. The molecule has 0 spiro atoms. The number of carboxylic acid groups (broad SMARTS) is 1. The molecular formula is C62H108NO7+. The summed E-state index contributed by atoms with van der Waals surface area (Å²) in [5, 5.41) is 9.68. The van der Waals surface area contributed by atoms with E-state index in [9.17, 15) is 19.5 Å². The van der Waals surface area contributed by atoms with Gasteiger partial charge in [0.25, 0.3) is 0 Å². The molecule has 0 aliphatic heterocycles. The highest BCUT2D eigenvalue weighted by Gasteiger charge is 2.31. The van der Waals surface area contributed by atoms with Gasteiger partial charge >= 0.3 is 17.9 Å². The lowest BCUT2D eigenvalue weighted by Crippen LogP contribution is -2.50. The molecule has 70 heavy (non-hydrogen) atoms. The third kappa shape index (κ3) is 49.5. The molecule has 0 aromatic carbocycles. The van der Waals surface area contributed by atoms with Crippen molar-refractivity contribution in [2.75, 3.05) is 41.0 Å². The van der Waals surface area contributed by atoms with Gasteiger partial charge in [-0.15, -0.1) is 0 Å². The van der Waals surface area contributed by atoms with Crippen LogP contribution in [0.15, 0.2) is 85.1 Å². The third-order valence-electron chi connectivity index (χ3n) is 12.6. The van der Waals surface area contributed by atoms with E-state index in [1.54, 1.807) is 0 Å². The number of rotatable bonds is 51. The van der Waals surface area contributed by atoms with E-state index in [1.165, 1.54) is 128 Å². The van der Waals surface area contributed by atoms with Gasteiger partial charge in [0.05, 0.1) is 34.4 Å². The maximum absolute atomic E-state index is 12.8. The molecule has 0 radical (unpaired) electrons. The number of aliphatic carboxylic acids is 1. The molecule has 0 heterocycles. The largest absolute Gasteiger partial charge is 0.477 e. The lowest BCUT2D eigenvalue weighted by molar-refractivity contribution is -0.887. The van der Waals surface area contributed by atoms with Crippen LogP contribution in [-0.2, 0) is 28.6 Å². The number of carboxylic acids is 1. The highest BCUT2D eigenvalue weighted by Crippen LogP contribution is 2.16. The highest BCUT2D eigenvalue weighted by molar-refractivity contribution is 5.72. The highest BCUT2D eigenvalue weighted by atomic mass is 16.6. The van der Waals surface area contributed by atoms with Gasteiger partial charge in [-0.05, 0) is 64.2 Å². The number of hydrogen-bond donors (Lipinski definition) is 1. The number of carbonyl (C=O) groups excluding carboxylic acids is 2. The van der Waals surface area contributed by atoms with Crippen LogP contribution in [0, 0.1) is 0 Å². The maximum Gasteiger partial charge on any atom is 0.362 e. The Labute approximate surface area is 431 Å². The molecule has 402 valence electrons. The molecule has 2 unspecified atom stereocenters. The molecule has 8 nitrogen and oxygen atoms in total. The summed E-state index contributed by atoms with van der Waals surface area (Å²) in [6.07, 6.45) is 69.5. The van der Waals surface area contributed by atoms with E-state index in [-0.39, 0.29) is 42.7 Å². The standard InChI is InChI=1S/C62H107NO7/c1-6-8-10-12-14-16-18-20-22-24-26-28-30-32-34-36-38-40-42-44-46-48-50-52-60(64)69-57-58(56-68-55-54-59(62(66)67)63(3,4)5)70-61(65)53-51-49-47-45-43-41-39-37-35-33-31-29-27-25-23-21-19-17-15-13-11-9-7-2/h9,11,15,17,21,23,27,29,33,35,39,41,45,47,58-59H,6-8,10,12-14,16,18-20,22,24-26,28,30-32,34,36-38,40,42-44,46,48-57H2,1-5H3/p+1/b11-9+,17-15+,23-21+,29-27+,35-33+,41-39+,47-45+. The van der Waals surface area contributed by atoms with Crippen LogP contribution in [0.5, 0.6) is 0 Å². The predicted molar refractivity (Wildman–Crippen MR) is 298 cm³/mol. The van der Waals surface area contributed by atoms with Crippen LogP contribution in [-0.4, -0.2) is 80.6 Å². The summed E-state index contributed by atoms with van der Waals surface area (Å²) < 4.78 is 17.3. The van der Waals surface area contributed by atoms with E-state index in [1.807, 2.05) is 21.1 Å². The summed E-state index contributed by atoms with van der Waals surface area (Å²) in [7, 11) is 5.52. The van der Waals surface area contributed by atoms with Crippen molar-refractivity contribution in [3.05, 3.63) is 85.1 Å². The van der Waals surface area contributed by atoms with Crippen LogP contribution in [0.1, 0.15) is 239 Å². The Kier molecular flexibility index (Phi) is 49.3. The molecule has 0 saturated carbocycles. The molecule has 8 heteroatoms. The number of quaternary nitrogens is 1. The number of esters is 2. The average Bonchev–Trinajstić information content (AvgIpc) is 3.33. The fourth-order valence-corrected chi connectivity index (χ4v) is 8.20. The summed E-state index contributed by atoms with van der Waals surface area (Å²) in [5.41, 5.74) is 0. The minimum Gasteiger partial charge on any atom is -0.477 e. The Morgan fingerprint density at radius 1 is 0.443 bits per heavy atom. The Bertz CT molecular complexity index is 1420. The summed E-state index contributed by atoms with van der Waals surface area (Å²) >= 11 is 0. The molecule has 0 bridgehead atoms. The van der Waals surface area contributed by atoms with Crippen molar-refractivity contribution in [2.45, 2.75) is 251 Å². The number of carbonyl (C=O) groups is 3. The van der Waals surface area contributed by atoms with Gasteiger partial charge < -0.3 is 23.8 Å². The van der Waals surface area contributed by atoms with Crippen molar-refractivity contribution in [3.63, 3.8) is 0 Å². The Hall–Kier alpha value is -3.49. The molecular weight excluding hydrogens is 871 g/mol. The summed E-state index contributed by atoms with van der Waals surface area (Å²) in [6.45, 7) is 4.59. The lowest BCUT2D eigenvalue weighted by Gasteiger charge is -2.31. The zero-order valence-electron chi connectivity index (χ0n) is 46.0. The quantitative estimate of drug-likeness (QED) is 0.0280. The van der Waals surface area contributed by atoms with Gasteiger partial charge in [-0.2, -0.15) is 0 Å². The van der Waals surface area contributed by atoms with E-state index >= 15 is 0 Å². The van der Waals surface area contributed by atoms with E-state index in [0.29, 0.717) is 19.3 Å². The summed E-state index contributed by atoms with van der Waals surface area (Å²) in [4.78, 5) is 37.3. The van der Waals surface area contributed by atoms with Crippen molar-refractivity contribution in [2.24, 2.45) is 0 Å². The first kappa shape index (κ1) is 66.5. The fourth-order valence-electron chi connectivity index (χ4n) is 8.20. The summed E-state index contributed by atoms with van der Waals surface area (Å²) in [5.74, 6) is -1.54. The first-order valence-electron chi connectivity index (χ1n) is 28.6. The number of hydrogen-bond acceptors (Lipinski definition) is 6. The summed E-state index contributed by atoms with van der Waals surface area (Å²) in [6, 6.07) is -0.630. The SMILES string of the molecule is CC/C=C/C/C=C/C/C=C/C/C=C/C/C=C/C/C=C/C/C=C/CCCC(=O)OC(COCCC(C(=O)O)[N+](C)(C)C)COC(=O)CCCCCCCCCCCCCCCCCCCCCCCCC. The third-order valence-corrected chi connectivity index (χ3v) is 12.6. The number of ether oxygens (including phenoxy) is 3. The van der Waals surface area contributed by atoms with Gasteiger partial charge in [-0.3, -0.25) is 9.59 Å². The van der Waals surface area contributed by atoms with Crippen molar-refractivity contribution >= 4 is 17.9 Å². The second-order valence-corrected chi connectivity index (χ2v) is 20.2. The van der Waals surface area contributed by atoms with Gasteiger partial charge in [0.2, 0.25) is 0 Å². The smallest absolute Gasteiger partial charge is 0.362 e. The van der Waals surface area contributed by atoms with Gasteiger partial charge in [-0.1, -0.05) is 240 Å². The molecule has 0 amide bonds. The Morgan fingerprint density at radius 2 is 0.800 bits per heavy atom. The number of unbranched alkanes of at least 4 members (excludes halogenated alkanes) is 23. The van der Waals surface area contributed by atoms with E-state index < -0.39 is 18.1 Å². The number of nitrogens with zero attached hydrogens (tertiary/aromatic N) is 1. The molecule has 2 atom stereocenters. The maximum atomic E-state index is 12.8. The normalized spacial score (nSPS) is 13.4. The van der Waals surface area contributed by atoms with E-state index in [0.717, 1.165) is 70.6 Å². The van der Waals surface area contributed by atoms with Crippen LogP contribution >= 0.6 is 0 Å². The van der Waals surface area contributed by atoms with Crippen molar-refractivity contribution in [1.29, 1.82) is 0 Å². The van der Waals surface area contributed by atoms with Gasteiger partial charge in [-0.25, -0.2) is 4.79 Å². The molecule has 0 rings (SSSR count). The molecule has 0 fully saturated rings. The minimum atomic E-state index is -0.884. The van der Waals surface area contributed by atoms with Crippen LogP contribution < -0.4 is 0 Å². The predicted octanol–water partition coefficient (Wildman–Crippen LogP) is 17.2.